The average Bonchev–Trinajstić information content (AvgIpc) is 3.21. The zero-order chi connectivity index (χ0) is 14.9. The second-order valence-corrected chi connectivity index (χ2v) is 5.81. The Morgan fingerprint density at radius 3 is 2.45 bits per heavy atom. The summed E-state index contributed by atoms with van der Waals surface area (Å²) >= 11 is 0. The summed E-state index contributed by atoms with van der Waals surface area (Å²) in [5, 5.41) is 12.1. The molecule has 108 valence electrons. The molecule has 0 aromatic heterocycles. The van der Waals surface area contributed by atoms with E-state index in [9.17, 15) is 9.59 Å². The van der Waals surface area contributed by atoms with E-state index in [1.807, 2.05) is 13.8 Å². The van der Waals surface area contributed by atoms with Crippen molar-refractivity contribution in [2.75, 3.05) is 11.9 Å². The van der Waals surface area contributed by atoms with Crippen molar-refractivity contribution in [1.82, 2.24) is 5.32 Å². The number of hydrogen-bond donors (Lipinski definition) is 2. The van der Waals surface area contributed by atoms with E-state index in [1.54, 1.807) is 25.2 Å². The number of anilines is 1. The Morgan fingerprint density at radius 2 is 1.90 bits per heavy atom. The fourth-order valence-electron chi connectivity index (χ4n) is 2.32. The summed E-state index contributed by atoms with van der Waals surface area (Å²) in [6.45, 7) is 4.00. The average molecular weight is 276 g/mol. The molecule has 1 aliphatic rings. The van der Waals surface area contributed by atoms with Crippen LogP contribution in [0.25, 0.3) is 0 Å². The predicted molar refractivity (Wildman–Crippen MR) is 77.1 cm³/mol. The predicted octanol–water partition coefficient (Wildman–Crippen LogP) is 2.72. The van der Waals surface area contributed by atoms with Crippen molar-refractivity contribution < 1.29 is 14.7 Å². The van der Waals surface area contributed by atoms with Crippen LogP contribution in [0, 0.1) is 5.92 Å². The molecule has 2 amide bonds. The number of carbonyl (C=O) groups is 2. The highest BCUT2D eigenvalue weighted by Gasteiger charge is 2.39. The molecule has 0 radical (unpaired) electrons. The Bertz CT molecular complexity index is 536. The van der Waals surface area contributed by atoms with Gasteiger partial charge in [-0.25, -0.2) is 9.59 Å². The maximum Gasteiger partial charge on any atom is 0.337 e. The van der Waals surface area contributed by atoms with Gasteiger partial charge in [-0.1, -0.05) is 12.1 Å². The topological polar surface area (TPSA) is 69.6 Å². The normalized spacial score (nSPS) is 14.8. The van der Waals surface area contributed by atoms with E-state index in [1.165, 1.54) is 11.0 Å². The van der Waals surface area contributed by atoms with Gasteiger partial charge in [-0.2, -0.15) is 0 Å². The van der Waals surface area contributed by atoms with Gasteiger partial charge in [-0.05, 0) is 44.7 Å². The summed E-state index contributed by atoms with van der Waals surface area (Å²) in [7, 11) is 1.58. The number of aromatic carboxylic acids is 1. The molecule has 0 aliphatic heterocycles. The molecule has 1 aromatic rings. The lowest BCUT2D eigenvalue weighted by atomic mass is 9.99. The van der Waals surface area contributed by atoms with Gasteiger partial charge in [-0.15, -0.1) is 0 Å². The lowest BCUT2D eigenvalue weighted by Gasteiger charge is -2.29. The molecule has 0 unspecified atom stereocenters. The minimum absolute atomic E-state index is 0.120. The summed E-state index contributed by atoms with van der Waals surface area (Å²) in [4.78, 5) is 24.8. The van der Waals surface area contributed by atoms with Gasteiger partial charge in [0.05, 0.1) is 11.3 Å². The number of nitrogens with one attached hydrogen (secondary N) is 1. The van der Waals surface area contributed by atoms with Crippen molar-refractivity contribution in [2.24, 2.45) is 5.92 Å². The zero-order valence-electron chi connectivity index (χ0n) is 12.0. The highest BCUT2D eigenvalue weighted by Crippen LogP contribution is 2.39. The molecule has 1 aliphatic carbocycles. The van der Waals surface area contributed by atoms with Crippen molar-refractivity contribution in [3.05, 3.63) is 29.8 Å². The van der Waals surface area contributed by atoms with Gasteiger partial charge in [0.25, 0.3) is 0 Å². The molecule has 1 aromatic carbocycles. The second kappa shape index (κ2) is 5.15. The molecule has 5 heteroatoms. The van der Waals surface area contributed by atoms with Crippen LogP contribution in [0.5, 0.6) is 0 Å². The van der Waals surface area contributed by atoms with Crippen LogP contribution in [0.15, 0.2) is 24.3 Å². The molecule has 0 spiro atoms. The number of hydrogen-bond acceptors (Lipinski definition) is 2. The zero-order valence-corrected chi connectivity index (χ0v) is 12.0. The van der Waals surface area contributed by atoms with E-state index >= 15 is 0 Å². The molecule has 1 saturated carbocycles. The Kier molecular flexibility index (Phi) is 3.70. The van der Waals surface area contributed by atoms with E-state index in [0.29, 0.717) is 11.6 Å². The maximum absolute atomic E-state index is 12.3. The number of urea groups is 1. The fourth-order valence-corrected chi connectivity index (χ4v) is 2.32. The third-order valence-corrected chi connectivity index (χ3v) is 3.83. The molecular formula is C15H20N2O3. The third kappa shape index (κ3) is 2.92. The summed E-state index contributed by atoms with van der Waals surface area (Å²) < 4.78 is 0. The quantitative estimate of drug-likeness (QED) is 0.888. The Morgan fingerprint density at radius 1 is 1.30 bits per heavy atom. The van der Waals surface area contributed by atoms with Crippen molar-refractivity contribution >= 4 is 17.7 Å². The molecule has 0 bridgehead atoms. The van der Waals surface area contributed by atoms with Crippen LogP contribution in [-0.4, -0.2) is 29.7 Å². The first-order valence-electron chi connectivity index (χ1n) is 6.71. The first kappa shape index (κ1) is 14.4. The van der Waals surface area contributed by atoms with E-state index < -0.39 is 5.97 Å². The van der Waals surface area contributed by atoms with E-state index in [0.717, 1.165) is 12.8 Å². The van der Waals surface area contributed by atoms with E-state index in [4.69, 9.17) is 5.11 Å². The first-order chi connectivity index (χ1) is 9.33. The minimum Gasteiger partial charge on any atom is -0.478 e. The summed E-state index contributed by atoms with van der Waals surface area (Å²) in [5.74, 6) is -0.531. The molecule has 0 saturated heterocycles. The van der Waals surface area contributed by atoms with Gasteiger partial charge in [0, 0.05) is 12.6 Å². The van der Waals surface area contributed by atoms with Gasteiger partial charge in [0.2, 0.25) is 0 Å². The number of amides is 2. The second-order valence-electron chi connectivity index (χ2n) is 5.81. The number of carboxylic acid groups (broad SMARTS) is 1. The van der Waals surface area contributed by atoms with Gasteiger partial charge in [-0.3, -0.25) is 4.90 Å². The smallest absolute Gasteiger partial charge is 0.337 e. The van der Waals surface area contributed by atoms with Crippen LogP contribution in [0.4, 0.5) is 10.5 Å². The maximum atomic E-state index is 12.3. The SMILES string of the molecule is CN(C(=O)NC(C)(C)C1CC1)c1ccccc1C(=O)O. The van der Waals surface area contributed by atoms with E-state index in [-0.39, 0.29) is 17.1 Å². The van der Waals surface area contributed by atoms with E-state index in [2.05, 4.69) is 5.32 Å². The number of carbonyl (C=O) groups excluding carboxylic acids is 1. The highest BCUT2D eigenvalue weighted by atomic mass is 16.4. The summed E-state index contributed by atoms with van der Waals surface area (Å²) in [5.41, 5.74) is 0.252. The van der Waals surface area contributed by atoms with Crippen LogP contribution in [0.3, 0.4) is 0 Å². The van der Waals surface area contributed by atoms with Crippen molar-refractivity contribution in [1.29, 1.82) is 0 Å². The molecule has 2 N–H and O–H groups in total. The highest BCUT2D eigenvalue weighted by molar-refractivity contribution is 6.01. The summed E-state index contributed by atoms with van der Waals surface area (Å²) in [6, 6.07) is 6.21. The van der Waals surface area contributed by atoms with Gasteiger partial charge < -0.3 is 10.4 Å². The molecule has 0 heterocycles. The molecule has 5 nitrogen and oxygen atoms in total. The summed E-state index contributed by atoms with van der Waals surface area (Å²) in [6.07, 6.45) is 2.26. The third-order valence-electron chi connectivity index (χ3n) is 3.83. The Hall–Kier alpha value is -2.04. The standard InChI is InChI=1S/C15H20N2O3/c1-15(2,10-8-9-10)16-14(20)17(3)12-7-5-4-6-11(12)13(18)19/h4-7,10H,8-9H2,1-3H3,(H,16,20)(H,18,19). The van der Waals surface area contributed by atoms with Crippen LogP contribution in [0.2, 0.25) is 0 Å². The van der Waals surface area contributed by atoms with Crippen LogP contribution < -0.4 is 10.2 Å². The number of para-hydroxylation sites is 1. The number of rotatable bonds is 4. The lowest BCUT2D eigenvalue weighted by molar-refractivity contribution is 0.0697. The number of benzene rings is 1. The number of nitrogens with zero attached hydrogens (tertiary/aromatic N) is 1. The van der Waals surface area contributed by atoms with Crippen LogP contribution in [-0.2, 0) is 0 Å². The van der Waals surface area contributed by atoms with Gasteiger partial charge in [0.15, 0.2) is 0 Å². The lowest BCUT2D eigenvalue weighted by Crippen LogP contribution is -2.50. The largest absolute Gasteiger partial charge is 0.478 e. The number of carboxylic acids is 1. The van der Waals surface area contributed by atoms with Crippen molar-refractivity contribution in [2.45, 2.75) is 32.2 Å². The molecule has 1 fully saturated rings. The van der Waals surface area contributed by atoms with Crippen molar-refractivity contribution in [3.8, 4) is 0 Å². The van der Waals surface area contributed by atoms with Crippen LogP contribution >= 0.6 is 0 Å². The molecule has 20 heavy (non-hydrogen) atoms. The molecule has 2 rings (SSSR count). The Balaban J connectivity index is 2.16. The Labute approximate surface area is 118 Å². The molecule has 0 atom stereocenters. The van der Waals surface area contributed by atoms with Crippen LogP contribution in [0.1, 0.15) is 37.0 Å². The van der Waals surface area contributed by atoms with Crippen molar-refractivity contribution in [3.63, 3.8) is 0 Å². The van der Waals surface area contributed by atoms with Gasteiger partial charge >= 0.3 is 12.0 Å². The molecular weight excluding hydrogens is 256 g/mol. The van der Waals surface area contributed by atoms with Gasteiger partial charge in [0.1, 0.15) is 0 Å². The minimum atomic E-state index is -1.04. The first-order valence-corrected chi connectivity index (χ1v) is 6.71. The monoisotopic (exact) mass is 276 g/mol. The fraction of sp³-hybridized carbons (Fsp3) is 0.467.